The van der Waals surface area contributed by atoms with Gasteiger partial charge in [-0.25, -0.2) is 0 Å². The van der Waals surface area contributed by atoms with Gasteiger partial charge in [-0.3, -0.25) is 4.98 Å². The number of pyridine rings is 1. The van der Waals surface area contributed by atoms with Crippen molar-refractivity contribution in [1.29, 1.82) is 0 Å². The fourth-order valence-corrected chi connectivity index (χ4v) is 1.78. The highest BCUT2D eigenvalue weighted by Gasteiger charge is 1.98. The van der Waals surface area contributed by atoms with E-state index in [-0.39, 0.29) is 0 Å². The summed E-state index contributed by atoms with van der Waals surface area (Å²) >= 11 is 0. The molecule has 0 saturated carbocycles. The van der Waals surface area contributed by atoms with Crippen molar-refractivity contribution in [1.82, 2.24) is 14.9 Å². The summed E-state index contributed by atoms with van der Waals surface area (Å²) in [6.45, 7) is 5.04. The van der Waals surface area contributed by atoms with Crippen LogP contribution in [0.25, 0.3) is 0 Å². The molecule has 0 aliphatic carbocycles. The molecule has 0 fully saturated rings. The van der Waals surface area contributed by atoms with Crippen LogP contribution >= 0.6 is 0 Å². The second-order valence-electron chi connectivity index (χ2n) is 4.19. The van der Waals surface area contributed by atoms with Crippen molar-refractivity contribution in [3.8, 4) is 0 Å². The van der Waals surface area contributed by atoms with E-state index < -0.39 is 0 Å². The molecule has 3 heteroatoms. The van der Waals surface area contributed by atoms with Gasteiger partial charge in [0.25, 0.3) is 0 Å². The molecule has 3 nitrogen and oxygen atoms in total. The molecule has 2 aromatic rings. The Morgan fingerprint density at radius 1 is 1.29 bits per heavy atom. The summed E-state index contributed by atoms with van der Waals surface area (Å²) in [5.41, 5.74) is 2.42. The maximum Gasteiger partial charge on any atom is 0.0642 e. The molecule has 0 aliphatic rings. The Bertz CT molecular complexity index is 434. The molecule has 0 amide bonds. The highest BCUT2D eigenvalue weighted by Crippen LogP contribution is 2.04. The van der Waals surface area contributed by atoms with Gasteiger partial charge in [-0.1, -0.05) is 13.0 Å². The molecule has 2 aromatic heterocycles. The minimum Gasteiger partial charge on any atom is -0.348 e. The largest absolute Gasteiger partial charge is 0.348 e. The van der Waals surface area contributed by atoms with E-state index in [1.165, 1.54) is 12.0 Å². The van der Waals surface area contributed by atoms with Gasteiger partial charge in [0.05, 0.1) is 12.2 Å². The lowest BCUT2D eigenvalue weighted by Crippen LogP contribution is -2.13. The van der Waals surface area contributed by atoms with Gasteiger partial charge in [0, 0.05) is 25.1 Å². The van der Waals surface area contributed by atoms with Crippen molar-refractivity contribution < 1.29 is 0 Å². The molecule has 90 valence electrons. The third-order valence-corrected chi connectivity index (χ3v) is 2.64. The zero-order valence-electron chi connectivity index (χ0n) is 10.3. The summed E-state index contributed by atoms with van der Waals surface area (Å²) in [6, 6.07) is 8.18. The Morgan fingerprint density at radius 3 is 3.00 bits per heavy atom. The van der Waals surface area contributed by atoms with E-state index >= 15 is 0 Å². The predicted molar refractivity (Wildman–Crippen MR) is 69.8 cm³/mol. The quantitative estimate of drug-likeness (QED) is 0.771. The van der Waals surface area contributed by atoms with E-state index in [4.69, 9.17) is 0 Å². The molecular weight excluding hydrogens is 210 g/mol. The maximum atomic E-state index is 4.32. The van der Waals surface area contributed by atoms with Gasteiger partial charge in [-0.2, -0.15) is 0 Å². The van der Waals surface area contributed by atoms with E-state index in [0.29, 0.717) is 0 Å². The van der Waals surface area contributed by atoms with Gasteiger partial charge in [-0.05, 0) is 36.7 Å². The third-order valence-electron chi connectivity index (χ3n) is 2.64. The Labute approximate surface area is 103 Å². The van der Waals surface area contributed by atoms with Crippen LogP contribution in [-0.2, 0) is 13.1 Å². The van der Waals surface area contributed by atoms with E-state index in [1.807, 2.05) is 18.3 Å². The molecule has 0 atom stereocenters. The van der Waals surface area contributed by atoms with Crippen LogP contribution in [-0.4, -0.2) is 16.1 Å². The normalized spacial score (nSPS) is 10.6. The molecule has 0 aliphatic heterocycles. The SMILES string of the molecule is CCCNCc1ccn(Cc2ccccn2)c1. The molecule has 0 bridgehead atoms. The molecule has 0 saturated heterocycles. The van der Waals surface area contributed by atoms with Crippen molar-refractivity contribution in [3.63, 3.8) is 0 Å². The highest BCUT2D eigenvalue weighted by molar-refractivity contribution is 5.12. The van der Waals surface area contributed by atoms with Crippen molar-refractivity contribution in [2.75, 3.05) is 6.54 Å². The lowest BCUT2D eigenvalue weighted by molar-refractivity contribution is 0.673. The van der Waals surface area contributed by atoms with Gasteiger partial charge < -0.3 is 9.88 Å². The van der Waals surface area contributed by atoms with E-state index in [9.17, 15) is 0 Å². The first-order valence-electron chi connectivity index (χ1n) is 6.14. The molecule has 2 rings (SSSR count). The molecule has 2 heterocycles. The van der Waals surface area contributed by atoms with E-state index in [1.54, 1.807) is 0 Å². The molecule has 0 aromatic carbocycles. The summed E-state index contributed by atoms with van der Waals surface area (Å²) in [5.74, 6) is 0. The number of rotatable bonds is 6. The monoisotopic (exact) mass is 229 g/mol. The molecular formula is C14H19N3. The summed E-state index contributed by atoms with van der Waals surface area (Å²) < 4.78 is 2.17. The lowest BCUT2D eigenvalue weighted by Gasteiger charge is -2.02. The minimum absolute atomic E-state index is 0.842. The van der Waals surface area contributed by atoms with Crippen molar-refractivity contribution in [2.45, 2.75) is 26.4 Å². The smallest absolute Gasteiger partial charge is 0.0642 e. The van der Waals surface area contributed by atoms with Gasteiger partial charge in [0.2, 0.25) is 0 Å². The lowest BCUT2D eigenvalue weighted by atomic mass is 10.3. The zero-order valence-corrected chi connectivity index (χ0v) is 10.3. The van der Waals surface area contributed by atoms with Crippen molar-refractivity contribution in [3.05, 3.63) is 54.1 Å². The first kappa shape index (κ1) is 11.9. The van der Waals surface area contributed by atoms with Crippen LogP contribution < -0.4 is 5.32 Å². The zero-order chi connectivity index (χ0) is 11.9. The predicted octanol–water partition coefficient (Wildman–Crippen LogP) is 2.43. The van der Waals surface area contributed by atoms with Gasteiger partial charge in [-0.15, -0.1) is 0 Å². The van der Waals surface area contributed by atoms with Crippen molar-refractivity contribution in [2.24, 2.45) is 0 Å². The molecule has 0 radical (unpaired) electrons. The summed E-state index contributed by atoms with van der Waals surface area (Å²) in [6.07, 6.45) is 7.30. The summed E-state index contributed by atoms with van der Waals surface area (Å²) in [4.78, 5) is 4.32. The highest BCUT2D eigenvalue weighted by atomic mass is 15.0. The maximum absolute atomic E-state index is 4.32. The van der Waals surface area contributed by atoms with Crippen LogP contribution in [0.3, 0.4) is 0 Å². The summed E-state index contributed by atoms with van der Waals surface area (Å²) in [7, 11) is 0. The van der Waals surface area contributed by atoms with Crippen LogP contribution in [0.4, 0.5) is 0 Å². The fraction of sp³-hybridized carbons (Fsp3) is 0.357. The van der Waals surface area contributed by atoms with E-state index in [0.717, 1.165) is 25.3 Å². The van der Waals surface area contributed by atoms with Gasteiger partial charge >= 0.3 is 0 Å². The average molecular weight is 229 g/mol. The Kier molecular flexibility index (Phi) is 4.33. The third kappa shape index (κ3) is 3.71. The molecule has 17 heavy (non-hydrogen) atoms. The van der Waals surface area contributed by atoms with Crippen LogP contribution in [0.1, 0.15) is 24.6 Å². The number of nitrogens with one attached hydrogen (secondary N) is 1. The van der Waals surface area contributed by atoms with E-state index in [2.05, 4.69) is 46.3 Å². The standard InChI is InChI=1S/C14H19N3/c1-2-7-15-10-13-6-9-17(11-13)12-14-5-3-4-8-16-14/h3-6,8-9,11,15H,2,7,10,12H2,1H3. The fourth-order valence-electron chi connectivity index (χ4n) is 1.78. The van der Waals surface area contributed by atoms with Crippen LogP contribution in [0.2, 0.25) is 0 Å². The van der Waals surface area contributed by atoms with Crippen molar-refractivity contribution >= 4 is 0 Å². The molecule has 0 spiro atoms. The van der Waals surface area contributed by atoms with Gasteiger partial charge in [0.1, 0.15) is 0 Å². The number of nitrogens with zero attached hydrogens (tertiary/aromatic N) is 2. The first-order valence-corrected chi connectivity index (χ1v) is 6.14. The Balaban J connectivity index is 1.90. The average Bonchev–Trinajstić information content (AvgIpc) is 2.79. The number of hydrogen-bond acceptors (Lipinski definition) is 2. The topological polar surface area (TPSA) is 29.9 Å². The Hall–Kier alpha value is -1.61. The Morgan fingerprint density at radius 2 is 2.24 bits per heavy atom. The van der Waals surface area contributed by atoms with Gasteiger partial charge in [0.15, 0.2) is 0 Å². The summed E-state index contributed by atoms with van der Waals surface area (Å²) in [5, 5.41) is 3.40. The first-order chi connectivity index (χ1) is 8.38. The minimum atomic E-state index is 0.842. The van der Waals surface area contributed by atoms with Crippen LogP contribution in [0, 0.1) is 0 Å². The number of hydrogen-bond donors (Lipinski definition) is 1. The molecule has 1 N–H and O–H groups in total. The van der Waals surface area contributed by atoms with Crippen LogP contribution in [0.15, 0.2) is 42.9 Å². The molecule has 0 unspecified atom stereocenters. The second-order valence-corrected chi connectivity index (χ2v) is 4.19. The second kappa shape index (κ2) is 6.21. The van der Waals surface area contributed by atoms with Crippen LogP contribution in [0.5, 0.6) is 0 Å². The number of aromatic nitrogens is 2.